The van der Waals surface area contributed by atoms with Gasteiger partial charge in [-0.1, -0.05) is 17.7 Å². The molecule has 25 heavy (non-hydrogen) atoms. The first-order valence-corrected chi connectivity index (χ1v) is 9.21. The minimum absolute atomic E-state index is 0.00300. The van der Waals surface area contributed by atoms with Crippen molar-refractivity contribution in [1.29, 1.82) is 5.26 Å². The van der Waals surface area contributed by atoms with Gasteiger partial charge in [0.15, 0.2) is 11.5 Å². The van der Waals surface area contributed by atoms with Gasteiger partial charge in [-0.2, -0.15) is 5.26 Å². The van der Waals surface area contributed by atoms with E-state index in [1.165, 1.54) is 37.5 Å². The van der Waals surface area contributed by atoms with E-state index in [9.17, 15) is 13.7 Å². The summed E-state index contributed by atoms with van der Waals surface area (Å²) in [6.07, 6.45) is 1.30. The zero-order valence-corrected chi connectivity index (χ0v) is 15.3. The number of methoxy groups -OCH3 is 1. The van der Waals surface area contributed by atoms with Gasteiger partial charge < -0.3 is 9.47 Å². The highest BCUT2D eigenvalue weighted by Gasteiger charge is 2.21. The maximum atomic E-state index is 12.6. The molecule has 7 heteroatoms. The minimum atomic E-state index is -3.94. The van der Waals surface area contributed by atoms with Crippen molar-refractivity contribution in [1.82, 2.24) is 0 Å². The highest BCUT2D eigenvalue weighted by Crippen LogP contribution is 2.30. The van der Waals surface area contributed by atoms with Crippen LogP contribution in [0.25, 0.3) is 6.08 Å². The molecule has 130 valence electrons. The topological polar surface area (TPSA) is 76.4 Å². The van der Waals surface area contributed by atoms with E-state index in [-0.39, 0.29) is 9.80 Å². The second-order valence-corrected chi connectivity index (χ2v) is 7.28. The van der Waals surface area contributed by atoms with Crippen molar-refractivity contribution >= 4 is 27.5 Å². The second-order valence-electron chi connectivity index (χ2n) is 4.92. The van der Waals surface area contributed by atoms with Crippen molar-refractivity contribution in [3.63, 3.8) is 0 Å². The molecule has 0 saturated carbocycles. The Morgan fingerprint density at radius 2 is 1.88 bits per heavy atom. The van der Waals surface area contributed by atoms with Gasteiger partial charge in [-0.15, -0.1) is 0 Å². The maximum absolute atomic E-state index is 12.6. The second kappa shape index (κ2) is 8.06. The van der Waals surface area contributed by atoms with Gasteiger partial charge in [0.1, 0.15) is 11.0 Å². The molecule has 0 bridgehead atoms. The fourth-order valence-corrected chi connectivity index (χ4v) is 3.40. The highest BCUT2D eigenvalue weighted by atomic mass is 35.5. The van der Waals surface area contributed by atoms with Crippen molar-refractivity contribution in [3.05, 3.63) is 58.0 Å². The summed E-state index contributed by atoms with van der Waals surface area (Å²) >= 11 is 5.78. The molecule has 0 N–H and O–H groups in total. The van der Waals surface area contributed by atoms with Gasteiger partial charge in [0.25, 0.3) is 0 Å². The van der Waals surface area contributed by atoms with Crippen LogP contribution in [0.2, 0.25) is 5.02 Å². The van der Waals surface area contributed by atoms with E-state index in [1.807, 2.05) is 6.92 Å². The lowest BCUT2D eigenvalue weighted by molar-refractivity contribution is 0.311. The van der Waals surface area contributed by atoms with Gasteiger partial charge >= 0.3 is 0 Å². The number of hydrogen-bond donors (Lipinski definition) is 0. The third-order valence-corrected chi connectivity index (χ3v) is 5.24. The smallest absolute Gasteiger partial charge is 0.216 e. The van der Waals surface area contributed by atoms with E-state index < -0.39 is 9.84 Å². The largest absolute Gasteiger partial charge is 0.493 e. The van der Waals surface area contributed by atoms with Crippen molar-refractivity contribution in [2.45, 2.75) is 11.8 Å². The summed E-state index contributed by atoms with van der Waals surface area (Å²) in [5.74, 6) is 0.998. The number of rotatable bonds is 6. The number of allylic oxidation sites excluding steroid dienone is 1. The molecule has 0 amide bonds. The predicted octanol–water partition coefficient (Wildman–Crippen LogP) is 4.09. The number of sulfone groups is 1. The van der Waals surface area contributed by atoms with E-state index in [1.54, 1.807) is 24.3 Å². The van der Waals surface area contributed by atoms with Crippen LogP contribution in [0.3, 0.4) is 0 Å². The average molecular weight is 378 g/mol. The van der Waals surface area contributed by atoms with Gasteiger partial charge in [-0.3, -0.25) is 0 Å². The van der Waals surface area contributed by atoms with Crippen molar-refractivity contribution < 1.29 is 17.9 Å². The van der Waals surface area contributed by atoms with Crippen molar-refractivity contribution in [3.8, 4) is 17.6 Å². The first-order valence-electron chi connectivity index (χ1n) is 7.35. The summed E-state index contributed by atoms with van der Waals surface area (Å²) in [6.45, 7) is 2.26. The zero-order chi connectivity index (χ0) is 18.4. The SMILES string of the molecule is CCOc1cc(C=C(C#N)S(=O)(=O)c2ccc(Cl)cc2)ccc1OC. The first-order chi connectivity index (χ1) is 11.9. The van der Waals surface area contributed by atoms with E-state index in [0.29, 0.717) is 28.7 Å². The molecule has 0 aliphatic heterocycles. The Morgan fingerprint density at radius 3 is 2.44 bits per heavy atom. The Balaban J connectivity index is 2.48. The van der Waals surface area contributed by atoms with E-state index in [4.69, 9.17) is 21.1 Å². The molecule has 0 atom stereocenters. The lowest BCUT2D eigenvalue weighted by Gasteiger charge is -2.10. The highest BCUT2D eigenvalue weighted by molar-refractivity contribution is 7.95. The van der Waals surface area contributed by atoms with Crippen LogP contribution in [0, 0.1) is 11.3 Å². The molecule has 0 aliphatic carbocycles. The van der Waals surface area contributed by atoms with Crippen LogP contribution < -0.4 is 9.47 Å². The molecule has 2 aromatic carbocycles. The minimum Gasteiger partial charge on any atom is -0.493 e. The Kier molecular flexibility index (Phi) is 6.07. The summed E-state index contributed by atoms with van der Waals surface area (Å²) < 4.78 is 35.9. The van der Waals surface area contributed by atoms with Crippen LogP contribution >= 0.6 is 11.6 Å². The molecule has 2 aromatic rings. The third-order valence-electron chi connectivity index (χ3n) is 3.31. The quantitative estimate of drug-likeness (QED) is 0.709. The van der Waals surface area contributed by atoms with Crippen molar-refractivity contribution in [2.75, 3.05) is 13.7 Å². The number of ether oxygens (including phenoxy) is 2. The molecule has 0 aromatic heterocycles. The van der Waals surface area contributed by atoms with Crippen LogP contribution in [0.5, 0.6) is 11.5 Å². The number of nitriles is 1. The van der Waals surface area contributed by atoms with Crippen LogP contribution in [-0.2, 0) is 9.84 Å². The maximum Gasteiger partial charge on any atom is 0.216 e. The molecule has 0 saturated heterocycles. The van der Waals surface area contributed by atoms with Gasteiger partial charge in [-0.05, 0) is 55.0 Å². The molecule has 0 radical (unpaired) electrons. The molecule has 0 aliphatic rings. The monoisotopic (exact) mass is 377 g/mol. The molecule has 0 fully saturated rings. The summed E-state index contributed by atoms with van der Waals surface area (Å²) in [5.41, 5.74) is 0.512. The molecule has 0 heterocycles. The standard InChI is InChI=1S/C18H16ClNO4S/c1-3-24-18-11-13(4-9-17(18)23-2)10-16(12-20)25(21,22)15-7-5-14(19)6-8-15/h4-11H,3H2,1-2H3. The molecule has 0 unspecified atom stereocenters. The van der Waals surface area contributed by atoms with E-state index >= 15 is 0 Å². The zero-order valence-electron chi connectivity index (χ0n) is 13.7. The van der Waals surface area contributed by atoms with Crippen molar-refractivity contribution in [2.24, 2.45) is 0 Å². The molecular weight excluding hydrogens is 362 g/mol. The lowest BCUT2D eigenvalue weighted by atomic mass is 10.2. The Bertz CT molecular complexity index is 929. The molecular formula is C18H16ClNO4S. The number of nitrogens with zero attached hydrogens (tertiary/aromatic N) is 1. The molecule has 0 spiro atoms. The summed E-state index contributed by atoms with van der Waals surface area (Å²) in [4.78, 5) is -0.370. The van der Waals surface area contributed by atoms with Gasteiger partial charge in [0.05, 0.1) is 18.6 Å². The predicted molar refractivity (Wildman–Crippen MR) is 96.4 cm³/mol. The Hall–Kier alpha value is -2.49. The summed E-state index contributed by atoms with van der Waals surface area (Å²) in [6, 6.07) is 12.3. The molecule has 2 rings (SSSR count). The van der Waals surface area contributed by atoms with E-state index in [0.717, 1.165) is 0 Å². The van der Waals surface area contributed by atoms with Gasteiger partial charge in [-0.25, -0.2) is 8.42 Å². The molecule has 5 nitrogen and oxygen atoms in total. The van der Waals surface area contributed by atoms with Crippen LogP contribution in [-0.4, -0.2) is 22.1 Å². The fraction of sp³-hybridized carbons (Fsp3) is 0.167. The normalized spacial score (nSPS) is 11.7. The number of benzene rings is 2. The average Bonchev–Trinajstić information content (AvgIpc) is 2.60. The van der Waals surface area contributed by atoms with Gasteiger partial charge in [0, 0.05) is 5.02 Å². The number of halogens is 1. The third kappa shape index (κ3) is 4.32. The van der Waals surface area contributed by atoms with Crippen LogP contribution in [0.4, 0.5) is 0 Å². The Morgan fingerprint density at radius 1 is 1.20 bits per heavy atom. The van der Waals surface area contributed by atoms with Crippen LogP contribution in [0.15, 0.2) is 52.3 Å². The number of hydrogen-bond acceptors (Lipinski definition) is 5. The fourth-order valence-electron chi connectivity index (χ4n) is 2.11. The lowest BCUT2D eigenvalue weighted by Crippen LogP contribution is -2.03. The summed E-state index contributed by atoms with van der Waals surface area (Å²) in [7, 11) is -2.42. The first kappa shape index (κ1) is 18.8. The Labute approximate surface area is 152 Å². The summed E-state index contributed by atoms with van der Waals surface area (Å²) in [5, 5.41) is 9.75. The van der Waals surface area contributed by atoms with E-state index in [2.05, 4.69) is 0 Å². The van der Waals surface area contributed by atoms with Gasteiger partial charge in [0.2, 0.25) is 9.84 Å². The van der Waals surface area contributed by atoms with Crippen LogP contribution in [0.1, 0.15) is 12.5 Å².